The van der Waals surface area contributed by atoms with Crippen LogP contribution in [0.1, 0.15) is 53.0 Å². The molecular weight excluding hydrogens is 472 g/mol. The number of aromatic nitrogens is 3. The van der Waals surface area contributed by atoms with E-state index in [1.807, 2.05) is 25.2 Å². The molecule has 1 saturated carbocycles. The van der Waals surface area contributed by atoms with E-state index in [4.69, 9.17) is 4.74 Å². The Kier molecular flexibility index (Phi) is 7.29. The van der Waals surface area contributed by atoms with Gasteiger partial charge in [0.25, 0.3) is 17.5 Å². The number of ether oxygens (including phenoxy) is 1. The zero-order chi connectivity index (χ0) is 24.4. The van der Waals surface area contributed by atoms with E-state index in [2.05, 4.69) is 20.3 Å². The molecule has 0 saturated heterocycles. The van der Waals surface area contributed by atoms with Crippen molar-refractivity contribution < 1.29 is 18.3 Å². The SMILES string of the molecule is Cn1ncc2c(C(=O)N[C@H]3CC[C@H](CCN4CCc5sc(OCC(F)F)nc5C4)CC3)cccc21. The van der Waals surface area contributed by atoms with E-state index in [0.717, 1.165) is 79.6 Å². The maximum atomic E-state index is 12.9. The summed E-state index contributed by atoms with van der Waals surface area (Å²) in [5, 5.41) is 8.77. The number of alkyl halides is 2. The van der Waals surface area contributed by atoms with Crippen LogP contribution in [-0.4, -0.2) is 57.7 Å². The number of amides is 1. The number of nitrogens with zero attached hydrogens (tertiary/aromatic N) is 4. The molecule has 3 aromatic rings. The topological polar surface area (TPSA) is 72.3 Å². The first-order chi connectivity index (χ1) is 17.0. The van der Waals surface area contributed by atoms with Crippen LogP contribution < -0.4 is 10.1 Å². The Balaban J connectivity index is 1.06. The van der Waals surface area contributed by atoms with Crippen molar-refractivity contribution in [1.82, 2.24) is 25.0 Å². The third-order valence-corrected chi connectivity index (χ3v) is 8.26. The molecule has 1 N–H and O–H groups in total. The van der Waals surface area contributed by atoms with Gasteiger partial charge in [-0.05, 0) is 63.1 Å². The molecule has 10 heteroatoms. The number of aryl methyl sites for hydroxylation is 1. The van der Waals surface area contributed by atoms with Gasteiger partial charge in [0.2, 0.25) is 0 Å². The van der Waals surface area contributed by atoms with Crippen LogP contribution in [0.2, 0.25) is 0 Å². The van der Waals surface area contributed by atoms with Crippen LogP contribution in [0.4, 0.5) is 8.78 Å². The fourth-order valence-corrected chi connectivity index (χ4v) is 6.13. The van der Waals surface area contributed by atoms with Gasteiger partial charge in [-0.15, -0.1) is 0 Å². The van der Waals surface area contributed by atoms with Crippen LogP contribution in [0.25, 0.3) is 10.9 Å². The zero-order valence-corrected chi connectivity index (χ0v) is 20.7. The fourth-order valence-electron chi connectivity index (χ4n) is 5.22. The second-order valence-corrected chi connectivity index (χ2v) is 10.6. The van der Waals surface area contributed by atoms with Crippen LogP contribution in [0.5, 0.6) is 5.19 Å². The predicted octanol–water partition coefficient (Wildman–Crippen LogP) is 4.41. The standard InChI is InChI=1S/C25H31F2N5O2S/c1-31-21-4-2-3-18(19(21)13-28-31)24(33)29-17-7-5-16(6-8-17)9-11-32-12-10-22-20(14-32)30-25(35-22)34-15-23(26)27/h2-4,13,16-17,23H,5-12,14-15H2,1H3,(H,29,33)/t16-,17-. The predicted molar refractivity (Wildman–Crippen MR) is 131 cm³/mol. The van der Waals surface area contributed by atoms with Crippen molar-refractivity contribution in [3.05, 3.63) is 40.5 Å². The molecule has 0 unspecified atom stereocenters. The Labute approximate surface area is 207 Å². The molecule has 35 heavy (non-hydrogen) atoms. The average Bonchev–Trinajstić information content (AvgIpc) is 3.45. The Hall–Kier alpha value is -2.59. The van der Waals surface area contributed by atoms with Crippen molar-refractivity contribution in [3.63, 3.8) is 0 Å². The molecule has 1 fully saturated rings. The van der Waals surface area contributed by atoms with E-state index in [9.17, 15) is 13.6 Å². The Morgan fingerprint density at radius 2 is 2.11 bits per heavy atom. The van der Waals surface area contributed by atoms with Gasteiger partial charge < -0.3 is 10.1 Å². The lowest BCUT2D eigenvalue weighted by molar-refractivity contribution is 0.0815. The van der Waals surface area contributed by atoms with Crippen LogP contribution in [0, 0.1) is 5.92 Å². The smallest absolute Gasteiger partial charge is 0.273 e. The van der Waals surface area contributed by atoms with Gasteiger partial charge in [0, 0.05) is 36.4 Å². The summed E-state index contributed by atoms with van der Waals surface area (Å²) in [5.74, 6) is 0.642. The second kappa shape index (κ2) is 10.6. The highest BCUT2D eigenvalue weighted by Gasteiger charge is 2.26. The maximum Gasteiger partial charge on any atom is 0.273 e. The second-order valence-electron chi connectivity index (χ2n) is 9.56. The third-order valence-electron chi connectivity index (χ3n) is 7.19. The summed E-state index contributed by atoms with van der Waals surface area (Å²) in [6.07, 6.45) is 5.53. The third kappa shape index (κ3) is 5.64. The van der Waals surface area contributed by atoms with Gasteiger partial charge in [-0.1, -0.05) is 17.4 Å². The minimum absolute atomic E-state index is 0.0173. The fraction of sp³-hybridized carbons (Fsp3) is 0.560. The molecule has 188 valence electrons. The van der Waals surface area contributed by atoms with Crippen LogP contribution in [-0.2, 0) is 20.0 Å². The van der Waals surface area contributed by atoms with Gasteiger partial charge in [0.15, 0.2) is 6.61 Å². The number of carbonyl (C=O) groups is 1. The quantitative estimate of drug-likeness (QED) is 0.493. The zero-order valence-electron chi connectivity index (χ0n) is 19.9. The van der Waals surface area contributed by atoms with Crippen molar-refractivity contribution in [2.45, 2.75) is 57.5 Å². The number of carbonyl (C=O) groups excluding carboxylic acids is 1. The number of benzene rings is 1. The lowest BCUT2D eigenvalue weighted by Gasteiger charge is -2.32. The molecule has 1 aliphatic carbocycles. The molecule has 1 aromatic carbocycles. The molecule has 1 amide bonds. The van der Waals surface area contributed by atoms with Gasteiger partial charge in [-0.3, -0.25) is 14.4 Å². The Morgan fingerprint density at radius 1 is 1.29 bits per heavy atom. The molecular formula is C25H31F2N5O2S. The van der Waals surface area contributed by atoms with Crippen molar-refractivity contribution >= 4 is 28.1 Å². The maximum absolute atomic E-state index is 12.9. The molecule has 3 heterocycles. The van der Waals surface area contributed by atoms with Crippen molar-refractivity contribution in [2.75, 3.05) is 19.7 Å². The van der Waals surface area contributed by atoms with Crippen molar-refractivity contribution in [1.29, 1.82) is 0 Å². The number of hydrogen-bond donors (Lipinski definition) is 1. The van der Waals surface area contributed by atoms with Gasteiger partial charge in [-0.25, -0.2) is 13.8 Å². The highest BCUT2D eigenvalue weighted by Crippen LogP contribution is 2.32. The largest absolute Gasteiger partial charge is 0.464 e. The molecule has 7 nitrogen and oxygen atoms in total. The number of rotatable bonds is 8. The molecule has 2 aromatic heterocycles. The summed E-state index contributed by atoms with van der Waals surface area (Å²) in [6.45, 7) is 2.14. The molecule has 0 radical (unpaired) electrons. The summed E-state index contributed by atoms with van der Waals surface area (Å²) >= 11 is 1.40. The van der Waals surface area contributed by atoms with E-state index >= 15 is 0 Å². The highest BCUT2D eigenvalue weighted by atomic mass is 32.1. The summed E-state index contributed by atoms with van der Waals surface area (Å²) in [6, 6.07) is 5.96. The Morgan fingerprint density at radius 3 is 2.91 bits per heavy atom. The Bertz CT molecular complexity index is 1170. The van der Waals surface area contributed by atoms with Crippen molar-refractivity contribution in [2.24, 2.45) is 13.0 Å². The summed E-state index contributed by atoms with van der Waals surface area (Å²) < 4.78 is 31.7. The van der Waals surface area contributed by atoms with Gasteiger partial charge in [-0.2, -0.15) is 5.10 Å². The molecule has 2 aliphatic rings. The van der Waals surface area contributed by atoms with Crippen LogP contribution in [0.3, 0.4) is 0 Å². The number of hydrogen-bond acceptors (Lipinski definition) is 6. The number of nitrogens with one attached hydrogen (secondary N) is 1. The molecule has 1 aliphatic heterocycles. The van der Waals surface area contributed by atoms with E-state index in [0.29, 0.717) is 16.7 Å². The first kappa shape index (κ1) is 24.1. The highest BCUT2D eigenvalue weighted by molar-refractivity contribution is 7.13. The molecule has 0 spiro atoms. The number of fused-ring (bicyclic) bond motifs is 2. The average molecular weight is 504 g/mol. The minimum Gasteiger partial charge on any atom is -0.464 e. The normalized spacial score (nSPS) is 20.8. The van der Waals surface area contributed by atoms with E-state index in [1.54, 1.807) is 10.9 Å². The van der Waals surface area contributed by atoms with Gasteiger partial charge in [0.1, 0.15) is 0 Å². The number of halogens is 2. The lowest BCUT2D eigenvalue weighted by atomic mass is 9.84. The van der Waals surface area contributed by atoms with Crippen molar-refractivity contribution in [3.8, 4) is 5.19 Å². The number of thiazole rings is 1. The molecule has 5 rings (SSSR count). The lowest BCUT2D eigenvalue weighted by Crippen LogP contribution is -2.38. The van der Waals surface area contributed by atoms with Gasteiger partial charge >= 0.3 is 0 Å². The monoisotopic (exact) mass is 503 g/mol. The first-order valence-corrected chi connectivity index (χ1v) is 13.1. The van der Waals surface area contributed by atoms with E-state index in [-0.39, 0.29) is 11.9 Å². The summed E-state index contributed by atoms with van der Waals surface area (Å²) in [5.41, 5.74) is 2.62. The van der Waals surface area contributed by atoms with E-state index in [1.165, 1.54) is 11.3 Å². The molecule has 0 atom stereocenters. The van der Waals surface area contributed by atoms with Gasteiger partial charge in [0.05, 0.1) is 23.0 Å². The summed E-state index contributed by atoms with van der Waals surface area (Å²) in [7, 11) is 1.88. The van der Waals surface area contributed by atoms with Crippen LogP contribution >= 0.6 is 11.3 Å². The summed E-state index contributed by atoms with van der Waals surface area (Å²) in [4.78, 5) is 20.9. The first-order valence-electron chi connectivity index (χ1n) is 12.3. The minimum atomic E-state index is -2.48. The van der Waals surface area contributed by atoms with E-state index < -0.39 is 13.0 Å². The molecule has 0 bridgehead atoms. The van der Waals surface area contributed by atoms with Crippen LogP contribution in [0.15, 0.2) is 24.4 Å².